The quantitative estimate of drug-likeness (QED) is 0.830. The molecule has 1 atom stereocenters. The molecule has 6 heteroatoms. The van der Waals surface area contributed by atoms with Crippen LogP contribution in [0, 0.1) is 5.82 Å². The Kier molecular flexibility index (Phi) is 5.96. The van der Waals surface area contributed by atoms with Crippen molar-refractivity contribution in [3.8, 4) is 5.75 Å². The lowest BCUT2D eigenvalue weighted by Crippen LogP contribution is -2.42. The molecule has 0 spiro atoms. The number of para-hydroxylation sites is 1. The highest BCUT2D eigenvalue weighted by atomic mass is 19.1. The molecule has 1 aromatic carbocycles. The molecule has 110 valence electrons. The van der Waals surface area contributed by atoms with Crippen molar-refractivity contribution in [3.63, 3.8) is 0 Å². The summed E-state index contributed by atoms with van der Waals surface area (Å²) in [6.07, 6.45) is 0.320. The zero-order valence-electron chi connectivity index (χ0n) is 11.5. The van der Waals surface area contributed by atoms with E-state index in [-0.39, 0.29) is 24.7 Å². The van der Waals surface area contributed by atoms with Crippen LogP contribution in [-0.4, -0.2) is 41.6 Å². The monoisotopic (exact) mass is 283 g/mol. The Hall–Kier alpha value is -2.11. The van der Waals surface area contributed by atoms with Crippen LogP contribution in [0.25, 0.3) is 0 Å². The molecule has 1 amide bonds. The van der Waals surface area contributed by atoms with Gasteiger partial charge in [0.25, 0.3) is 0 Å². The van der Waals surface area contributed by atoms with E-state index in [9.17, 15) is 14.0 Å². The van der Waals surface area contributed by atoms with Crippen LogP contribution < -0.4 is 4.74 Å². The van der Waals surface area contributed by atoms with E-state index in [1.54, 1.807) is 19.1 Å². The Bertz CT molecular complexity index is 478. The molecule has 0 aliphatic rings. The van der Waals surface area contributed by atoms with Crippen molar-refractivity contribution < 1.29 is 23.8 Å². The van der Waals surface area contributed by atoms with E-state index in [1.807, 2.05) is 0 Å². The number of nitrogens with zero attached hydrogens (tertiary/aromatic N) is 1. The summed E-state index contributed by atoms with van der Waals surface area (Å²) >= 11 is 0. The second-order valence-electron chi connectivity index (χ2n) is 4.30. The maximum Gasteiger partial charge on any atom is 0.326 e. The lowest BCUT2D eigenvalue weighted by atomic mass is 10.2. The number of hydrogen-bond donors (Lipinski definition) is 1. The van der Waals surface area contributed by atoms with Crippen molar-refractivity contribution in [2.75, 3.05) is 13.7 Å². The first kappa shape index (κ1) is 15.9. The zero-order valence-corrected chi connectivity index (χ0v) is 11.5. The molecule has 0 aromatic heterocycles. The fourth-order valence-corrected chi connectivity index (χ4v) is 1.77. The average molecular weight is 283 g/mol. The van der Waals surface area contributed by atoms with Crippen LogP contribution in [0.4, 0.5) is 4.39 Å². The number of carbonyl (C=O) groups is 2. The molecule has 0 aliphatic carbocycles. The molecule has 0 aliphatic heterocycles. The summed E-state index contributed by atoms with van der Waals surface area (Å²) in [5.74, 6) is -1.81. The zero-order chi connectivity index (χ0) is 15.1. The van der Waals surface area contributed by atoms with Gasteiger partial charge in [0.2, 0.25) is 5.91 Å². The normalized spacial score (nSPS) is 11.8. The van der Waals surface area contributed by atoms with Crippen LogP contribution in [0.5, 0.6) is 5.75 Å². The Morgan fingerprint density at radius 2 is 2.05 bits per heavy atom. The summed E-state index contributed by atoms with van der Waals surface area (Å²) in [6, 6.07) is 5.05. The highest BCUT2D eigenvalue weighted by Gasteiger charge is 2.24. The van der Waals surface area contributed by atoms with E-state index in [0.717, 1.165) is 0 Å². The number of hydrogen-bond acceptors (Lipinski definition) is 3. The number of benzene rings is 1. The third kappa shape index (κ3) is 4.22. The molecule has 1 aromatic rings. The first-order valence-corrected chi connectivity index (χ1v) is 6.33. The largest absolute Gasteiger partial charge is 0.490 e. The van der Waals surface area contributed by atoms with Crippen LogP contribution in [-0.2, 0) is 9.59 Å². The molecule has 0 fully saturated rings. The van der Waals surface area contributed by atoms with Crippen molar-refractivity contribution in [2.45, 2.75) is 25.8 Å². The van der Waals surface area contributed by atoms with Gasteiger partial charge in [0.1, 0.15) is 6.04 Å². The van der Waals surface area contributed by atoms with Gasteiger partial charge in [-0.3, -0.25) is 4.79 Å². The van der Waals surface area contributed by atoms with Gasteiger partial charge in [-0.1, -0.05) is 19.1 Å². The number of aliphatic carboxylic acids is 1. The fourth-order valence-electron chi connectivity index (χ4n) is 1.77. The summed E-state index contributed by atoms with van der Waals surface area (Å²) < 4.78 is 18.4. The second-order valence-corrected chi connectivity index (χ2v) is 4.30. The number of ether oxygens (including phenoxy) is 1. The van der Waals surface area contributed by atoms with E-state index < -0.39 is 17.8 Å². The average Bonchev–Trinajstić information content (AvgIpc) is 2.41. The number of amides is 1. The van der Waals surface area contributed by atoms with Gasteiger partial charge in [-0.25, -0.2) is 9.18 Å². The highest BCUT2D eigenvalue weighted by molar-refractivity contribution is 5.83. The fraction of sp³-hybridized carbons (Fsp3) is 0.429. The number of carbonyl (C=O) groups excluding carboxylic acids is 1. The van der Waals surface area contributed by atoms with Crippen molar-refractivity contribution in [3.05, 3.63) is 30.1 Å². The maximum atomic E-state index is 13.3. The van der Waals surface area contributed by atoms with Gasteiger partial charge in [0.15, 0.2) is 11.6 Å². The van der Waals surface area contributed by atoms with Crippen LogP contribution in [0.2, 0.25) is 0 Å². The van der Waals surface area contributed by atoms with Gasteiger partial charge >= 0.3 is 5.97 Å². The number of carboxylic acids is 1. The summed E-state index contributed by atoms with van der Waals surface area (Å²) in [5.41, 5.74) is 0. The first-order valence-electron chi connectivity index (χ1n) is 6.33. The molecule has 0 bridgehead atoms. The lowest BCUT2D eigenvalue weighted by molar-refractivity contribution is -0.149. The van der Waals surface area contributed by atoms with Gasteiger partial charge in [-0.2, -0.15) is 0 Å². The summed E-state index contributed by atoms with van der Waals surface area (Å²) in [5, 5.41) is 8.96. The first-order chi connectivity index (χ1) is 9.47. The van der Waals surface area contributed by atoms with Gasteiger partial charge in [-0.15, -0.1) is 0 Å². The van der Waals surface area contributed by atoms with E-state index in [1.165, 1.54) is 24.1 Å². The predicted molar refractivity (Wildman–Crippen MR) is 71.0 cm³/mol. The maximum absolute atomic E-state index is 13.3. The second kappa shape index (κ2) is 7.47. The standard InChI is InChI=1S/C14H18FNO4/c1-3-11(14(18)19)16(2)13(17)8-9-20-12-7-5-4-6-10(12)15/h4-7,11H,3,8-9H2,1-2H3,(H,18,19). The number of likely N-dealkylation sites (N-methyl/N-ethyl adjacent to an activating group) is 1. The summed E-state index contributed by atoms with van der Waals surface area (Å²) in [4.78, 5) is 23.9. The van der Waals surface area contributed by atoms with E-state index in [4.69, 9.17) is 9.84 Å². The molecule has 1 unspecified atom stereocenters. The Balaban J connectivity index is 2.47. The van der Waals surface area contributed by atoms with Gasteiger partial charge < -0.3 is 14.7 Å². The third-order valence-corrected chi connectivity index (χ3v) is 2.94. The molecular weight excluding hydrogens is 265 g/mol. The van der Waals surface area contributed by atoms with Crippen LogP contribution >= 0.6 is 0 Å². The topological polar surface area (TPSA) is 66.8 Å². The molecule has 0 saturated heterocycles. The molecule has 0 heterocycles. The SMILES string of the molecule is CCC(C(=O)O)N(C)C(=O)CCOc1ccccc1F. The molecule has 5 nitrogen and oxygen atoms in total. The smallest absolute Gasteiger partial charge is 0.326 e. The Morgan fingerprint density at radius 1 is 1.40 bits per heavy atom. The van der Waals surface area contributed by atoms with Gasteiger partial charge in [0.05, 0.1) is 13.0 Å². The molecule has 1 rings (SSSR count). The molecule has 1 N–H and O–H groups in total. The minimum Gasteiger partial charge on any atom is -0.490 e. The van der Waals surface area contributed by atoms with Gasteiger partial charge in [-0.05, 0) is 18.6 Å². The molecule has 20 heavy (non-hydrogen) atoms. The van der Waals surface area contributed by atoms with Crippen LogP contribution in [0.3, 0.4) is 0 Å². The Labute approximate surface area is 117 Å². The lowest BCUT2D eigenvalue weighted by Gasteiger charge is -2.23. The van der Waals surface area contributed by atoms with E-state index in [0.29, 0.717) is 6.42 Å². The molecular formula is C14H18FNO4. The van der Waals surface area contributed by atoms with Crippen LogP contribution in [0.15, 0.2) is 24.3 Å². The highest BCUT2D eigenvalue weighted by Crippen LogP contribution is 2.15. The number of rotatable bonds is 7. The summed E-state index contributed by atoms with van der Waals surface area (Å²) in [6.45, 7) is 1.69. The third-order valence-electron chi connectivity index (χ3n) is 2.94. The number of halogens is 1. The van der Waals surface area contributed by atoms with E-state index >= 15 is 0 Å². The molecule has 0 saturated carbocycles. The Morgan fingerprint density at radius 3 is 2.60 bits per heavy atom. The van der Waals surface area contributed by atoms with E-state index in [2.05, 4.69) is 0 Å². The van der Waals surface area contributed by atoms with Gasteiger partial charge in [0, 0.05) is 7.05 Å². The minimum atomic E-state index is -1.04. The molecule has 0 radical (unpaired) electrons. The minimum absolute atomic E-state index is 0.000159. The van der Waals surface area contributed by atoms with Crippen LogP contribution in [0.1, 0.15) is 19.8 Å². The van der Waals surface area contributed by atoms with Crippen molar-refractivity contribution in [2.24, 2.45) is 0 Å². The predicted octanol–water partition coefficient (Wildman–Crippen LogP) is 1.92. The van der Waals surface area contributed by atoms with Crippen molar-refractivity contribution in [1.82, 2.24) is 4.90 Å². The van der Waals surface area contributed by atoms with Crippen molar-refractivity contribution >= 4 is 11.9 Å². The number of carboxylic acid groups (broad SMARTS) is 1. The summed E-state index contributed by atoms with van der Waals surface area (Å²) in [7, 11) is 1.44. The van der Waals surface area contributed by atoms with Crippen molar-refractivity contribution in [1.29, 1.82) is 0 Å².